The number of aromatic amines is 1. The first-order valence-electron chi connectivity index (χ1n) is 6.80. The van der Waals surface area contributed by atoms with Crippen molar-refractivity contribution in [3.8, 4) is 11.4 Å². The van der Waals surface area contributed by atoms with Gasteiger partial charge in [0.1, 0.15) is 6.20 Å². The third-order valence-corrected chi connectivity index (χ3v) is 2.86. The number of rotatable bonds is 3. The van der Waals surface area contributed by atoms with E-state index in [1.807, 2.05) is 0 Å². The van der Waals surface area contributed by atoms with Crippen molar-refractivity contribution in [2.24, 2.45) is 0 Å². The van der Waals surface area contributed by atoms with E-state index in [1.54, 1.807) is 42.5 Å². The summed E-state index contributed by atoms with van der Waals surface area (Å²) in [7, 11) is 1.53. The molecule has 0 aliphatic carbocycles. The fourth-order valence-electron chi connectivity index (χ4n) is 1.76. The van der Waals surface area contributed by atoms with Crippen LogP contribution in [-0.4, -0.2) is 28.2 Å². The number of hydrogen-bond donors (Lipinski definition) is 1. The largest absolute Gasteiger partial charge is 2.00 e. The van der Waals surface area contributed by atoms with Crippen LogP contribution in [0.1, 0.15) is 10.4 Å². The molecule has 0 bridgehead atoms. The van der Waals surface area contributed by atoms with Gasteiger partial charge in [-0.1, -0.05) is 5.56 Å². The van der Waals surface area contributed by atoms with Crippen LogP contribution < -0.4 is 16.0 Å². The second kappa shape index (κ2) is 10.2. The number of methoxy groups -OCH3 is 1. The number of nitrogens with zero attached hydrogens (tertiary/aromatic N) is 2. The van der Waals surface area contributed by atoms with Gasteiger partial charge in [0.2, 0.25) is 0 Å². The second-order valence-electron chi connectivity index (χ2n) is 4.39. The summed E-state index contributed by atoms with van der Waals surface area (Å²) in [5, 5.41) is 3.69. The number of carbonyl (C=O) groups is 1. The first-order valence-corrected chi connectivity index (χ1v) is 6.80. The van der Waals surface area contributed by atoms with Crippen molar-refractivity contribution in [1.82, 2.24) is 14.8 Å². The van der Waals surface area contributed by atoms with E-state index in [2.05, 4.69) is 22.2 Å². The van der Waals surface area contributed by atoms with Gasteiger partial charge in [-0.25, -0.2) is 9.48 Å². The molecule has 8 heteroatoms. The van der Waals surface area contributed by atoms with Crippen LogP contribution in [0.4, 0.5) is 0 Å². The quantitative estimate of drug-likeness (QED) is 0.423. The Labute approximate surface area is 157 Å². The fourth-order valence-corrected chi connectivity index (χ4v) is 1.76. The van der Waals surface area contributed by atoms with E-state index < -0.39 is 11.2 Å². The standard InChI is InChI=1S/C9H6N3O2.C8H7O2.W/c13-8-6-10-12(9(14)11-8)7-4-2-1-3-5-7;1-10-8-5-3-2-4-7(8)6-9;/h2-6H,(H,11,13,14);3-6H,1H3;/q2*-1;+2. The van der Waals surface area contributed by atoms with Crippen molar-refractivity contribution in [1.29, 1.82) is 0 Å². The van der Waals surface area contributed by atoms with Crippen LogP contribution in [0.5, 0.6) is 5.75 Å². The Bertz CT molecular complexity index is 923. The molecule has 1 N–H and O–H groups in total. The smallest absolute Gasteiger partial charge is 0.521 e. The molecule has 0 saturated carbocycles. The van der Waals surface area contributed by atoms with Crippen molar-refractivity contribution in [2.75, 3.05) is 7.11 Å². The van der Waals surface area contributed by atoms with Gasteiger partial charge in [-0.15, -0.1) is 18.2 Å². The number of benzene rings is 2. The molecule has 126 valence electrons. The summed E-state index contributed by atoms with van der Waals surface area (Å²) >= 11 is 0. The van der Waals surface area contributed by atoms with Gasteiger partial charge in [0.15, 0.2) is 0 Å². The number of aromatic nitrogens is 3. The molecule has 0 radical (unpaired) electrons. The molecule has 0 unspecified atom stereocenters. The SMILES string of the molecule is COc1cc[c-]cc1C=O.O=c1cnn(-c2cc[c-]cc2)c(=O)[nH]1.[W+2]. The molecule has 0 aliphatic heterocycles. The number of H-pyrrole nitrogens is 1. The predicted octanol–water partition coefficient (Wildman–Crippen LogP) is 1.03. The Hall–Kier alpha value is -2.79. The molecule has 2 aromatic carbocycles. The van der Waals surface area contributed by atoms with E-state index in [0.29, 0.717) is 17.0 Å². The Kier molecular flexibility index (Phi) is 8.22. The zero-order chi connectivity index (χ0) is 17.4. The van der Waals surface area contributed by atoms with E-state index in [1.165, 1.54) is 7.11 Å². The van der Waals surface area contributed by atoms with Gasteiger partial charge in [-0.2, -0.15) is 41.5 Å². The summed E-state index contributed by atoms with van der Waals surface area (Å²) in [6, 6.07) is 17.3. The number of carbonyl (C=O) groups excluding carboxylic acids is 1. The van der Waals surface area contributed by atoms with E-state index in [9.17, 15) is 14.4 Å². The maximum absolute atomic E-state index is 11.3. The monoisotopic (exact) mass is 507 g/mol. The first kappa shape index (κ1) is 20.3. The fraction of sp³-hybridized carbons (Fsp3) is 0.0588. The van der Waals surface area contributed by atoms with Crippen LogP contribution in [-0.2, 0) is 21.1 Å². The van der Waals surface area contributed by atoms with E-state index in [0.717, 1.165) is 17.2 Å². The molecule has 1 heterocycles. The Morgan fingerprint density at radius 1 is 1.16 bits per heavy atom. The molecule has 0 atom stereocenters. The normalized spacial score (nSPS) is 9.16. The van der Waals surface area contributed by atoms with Gasteiger partial charge in [-0.3, -0.25) is 9.78 Å². The predicted molar refractivity (Wildman–Crippen MR) is 86.5 cm³/mol. The number of ether oxygens (including phenoxy) is 1. The molecule has 25 heavy (non-hydrogen) atoms. The summed E-state index contributed by atoms with van der Waals surface area (Å²) < 4.78 is 5.99. The molecule has 0 spiro atoms. The van der Waals surface area contributed by atoms with Gasteiger partial charge in [0.25, 0.3) is 5.56 Å². The molecule has 0 aliphatic rings. The molecule has 3 aromatic rings. The molecule has 7 nitrogen and oxygen atoms in total. The minimum Gasteiger partial charge on any atom is -0.521 e. The van der Waals surface area contributed by atoms with Gasteiger partial charge in [0.05, 0.1) is 13.4 Å². The van der Waals surface area contributed by atoms with Crippen LogP contribution >= 0.6 is 0 Å². The summed E-state index contributed by atoms with van der Waals surface area (Å²) in [4.78, 5) is 34.4. The number of nitrogens with one attached hydrogen (secondary N) is 1. The molecule has 0 amide bonds. The summed E-state index contributed by atoms with van der Waals surface area (Å²) in [6.07, 6.45) is 1.80. The molecule has 0 fully saturated rings. The van der Waals surface area contributed by atoms with Crippen LogP contribution in [0.2, 0.25) is 0 Å². The van der Waals surface area contributed by atoms with Crippen molar-refractivity contribution >= 4 is 6.29 Å². The first-order chi connectivity index (χ1) is 11.7. The van der Waals surface area contributed by atoms with Gasteiger partial charge < -0.3 is 9.53 Å². The second-order valence-corrected chi connectivity index (χ2v) is 4.39. The zero-order valence-electron chi connectivity index (χ0n) is 13.1. The summed E-state index contributed by atoms with van der Waals surface area (Å²) in [5.41, 5.74) is 0.0624. The topological polar surface area (TPSA) is 94.1 Å². The number of aldehydes is 1. The molecular formula is C17H13N3O4W. The maximum atomic E-state index is 11.3. The molecular weight excluding hydrogens is 494 g/mol. The Morgan fingerprint density at radius 3 is 2.40 bits per heavy atom. The third-order valence-electron chi connectivity index (χ3n) is 2.86. The van der Waals surface area contributed by atoms with Crippen molar-refractivity contribution in [3.63, 3.8) is 0 Å². The van der Waals surface area contributed by atoms with Crippen molar-refractivity contribution < 1.29 is 30.6 Å². The van der Waals surface area contributed by atoms with Crippen LogP contribution in [0.15, 0.2) is 58.3 Å². The molecule has 0 saturated heterocycles. The van der Waals surface area contributed by atoms with Gasteiger partial charge in [0, 0.05) is 5.75 Å². The van der Waals surface area contributed by atoms with Crippen LogP contribution in [0, 0.1) is 12.1 Å². The zero-order valence-corrected chi connectivity index (χ0v) is 16.1. The summed E-state index contributed by atoms with van der Waals surface area (Å²) in [6.45, 7) is 0. The van der Waals surface area contributed by atoms with Gasteiger partial charge >= 0.3 is 26.8 Å². The van der Waals surface area contributed by atoms with Crippen molar-refractivity contribution in [3.05, 3.63) is 87.2 Å². The maximum Gasteiger partial charge on any atom is 2.00 e. The average molecular weight is 507 g/mol. The van der Waals surface area contributed by atoms with Gasteiger partial charge in [-0.05, 0) is 5.69 Å². The van der Waals surface area contributed by atoms with Crippen LogP contribution in [0.25, 0.3) is 5.69 Å². The van der Waals surface area contributed by atoms with Crippen LogP contribution in [0.3, 0.4) is 0 Å². The molecule has 3 rings (SSSR count). The average Bonchev–Trinajstić information content (AvgIpc) is 2.63. The minimum absolute atomic E-state index is 0. The Morgan fingerprint density at radius 2 is 1.84 bits per heavy atom. The van der Waals surface area contributed by atoms with E-state index in [4.69, 9.17) is 4.74 Å². The van der Waals surface area contributed by atoms with Crippen molar-refractivity contribution in [2.45, 2.75) is 0 Å². The van der Waals surface area contributed by atoms with E-state index >= 15 is 0 Å². The number of hydrogen-bond acceptors (Lipinski definition) is 5. The minimum atomic E-state index is -0.552. The Balaban J connectivity index is 0.000000254. The third kappa shape index (κ3) is 5.65. The molecule has 1 aromatic heterocycles. The summed E-state index contributed by atoms with van der Waals surface area (Å²) in [5.74, 6) is 0.591. The van der Waals surface area contributed by atoms with E-state index in [-0.39, 0.29) is 21.1 Å².